The van der Waals surface area contributed by atoms with Crippen molar-refractivity contribution in [1.29, 1.82) is 0 Å². The van der Waals surface area contributed by atoms with Crippen LogP contribution in [-0.2, 0) is 13.0 Å². The molecule has 0 radical (unpaired) electrons. The van der Waals surface area contributed by atoms with Crippen molar-refractivity contribution >= 4 is 11.6 Å². The van der Waals surface area contributed by atoms with Gasteiger partial charge in [-0.2, -0.15) is 0 Å². The van der Waals surface area contributed by atoms with Crippen LogP contribution in [0.1, 0.15) is 49.6 Å². The average molecular weight is 308 g/mol. The summed E-state index contributed by atoms with van der Waals surface area (Å²) in [4.78, 5) is 12.0. The molecule has 0 saturated heterocycles. The quantitative estimate of drug-likeness (QED) is 0.934. The molecular weight excluding hydrogens is 284 g/mol. The molecule has 120 valence electrons. The molecule has 1 fully saturated rings. The molecule has 0 amide bonds. The van der Waals surface area contributed by atoms with Gasteiger partial charge in [-0.3, -0.25) is 0 Å². The lowest BCUT2D eigenvalue weighted by Crippen LogP contribution is -2.39. The van der Waals surface area contributed by atoms with Gasteiger partial charge in [0.2, 0.25) is 0 Å². The second-order valence-electron chi connectivity index (χ2n) is 6.72. The van der Waals surface area contributed by atoms with Gasteiger partial charge >= 0.3 is 0 Å². The van der Waals surface area contributed by atoms with Gasteiger partial charge in [0.15, 0.2) is 0 Å². The normalized spacial score (nSPS) is 20.3. The number of hydrogen-bond acceptors (Lipinski definition) is 4. The Labute approximate surface area is 138 Å². The number of nitrogens with one attached hydrogen (secondary N) is 1. The summed E-state index contributed by atoms with van der Waals surface area (Å²) >= 11 is 0. The van der Waals surface area contributed by atoms with E-state index in [9.17, 15) is 0 Å². The van der Waals surface area contributed by atoms with Crippen molar-refractivity contribution in [3.05, 3.63) is 47.3 Å². The molecule has 2 heterocycles. The molecule has 1 aromatic heterocycles. The van der Waals surface area contributed by atoms with Crippen LogP contribution in [0.3, 0.4) is 0 Å². The minimum absolute atomic E-state index is 0.460. The van der Waals surface area contributed by atoms with E-state index in [1.807, 2.05) is 0 Å². The fraction of sp³-hybridized carbons (Fsp3) is 0.474. The topological polar surface area (TPSA) is 41.0 Å². The van der Waals surface area contributed by atoms with Crippen LogP contribution >= 0.6 is 0 Å². The first kappa shape index (κ1) is 14.5. The first-order chi connectivity index (χ1) is 11.2. The van der Waals surface area contributed by atoms with Gasteiger partial charge < -0.3 is 10.2 Å². The van der Waals surface area contributed by atoms with Gasteiger partial charge in [0.25, 0.3) is 0 Å². The summed E-state index contributed by atoms with van der Waals surface area (Å²) in [7, 11) is 0. The molecule has 1 aliphatic carbocycles. The predicted molar refractivity (Wildman–Crippen MR) is 94.0 cm³/mol. The Morgan fingerprint density at radius 2 is 1.96 bits per heavy atom. The van der Waals surface area contributed by atoms with E-state index in [2.05, 4.69) is 54.4 Å². The fourth-order valence-electron chi connectivity index (χ4n) is 3.38. The molecule has 23 heavy (non-hydrogen) atoms. The van der Waals surface area contributed by atoms with E-state index in [0.717, 1.165) is 37.0 Å². The maximum absolute atomic E-state index is 4.90. The second-order valence-corrected chi connectivity index (χ2v) is 6.72. The number of anilines is 2. The highest BCUT2D eigenvalue weighted by Gasteiger charge is 2.29. The summed E-state index contributed by atoms with van der Waals surface area (Å²) in [5.74, 6) is 3.62. The van der Waals surface area contributed by atoms with Crippen LogP contribution in [0.4, 0.5) is 11.6 Å². The summed E-state index contributed by atoms with van der Waals surface area (Å²) in [6.07, 6.45) is 3.54. The molecule has 1 atom stereocenters. The lowest BCUT2D eigenvalue weighted by atomic mass is 9.95. The van der Waals surface area contributed by atoms with Crippen LogP contribution in [0.5, 0.6) is 0 Å². The zero-order valence-electron chi connectivity index (χ0n) is 13.9. The number of fused-ring (bicyclic) bond motifs is 1. The molecule has 4 heteroatoms. The van der Waals surface area contributed by atoms with E-state index in [4.69, 9.17) is 9.97 Å². The highest BCUT2D eigenvalue weighted by Crippen LogP contribution is 2.39. The number of aromatic nitrogens is 2. The Balaban J connectivity index is 1.69. The van der Waals surface area contributed by atoms with Crippen molar-refractivity contribution in [1.82, 2.24) is 9.97 Å². The van der Waals surface area contributed by atoms with E-state index in [-0.39, 0.29) is 0 Å². The first-order valence-electron chi connectivity index (χ1n) is 8.71. The van der Waals surface area contributed by atoms with E-state index in [0.29, 0.717) is 12.0 Å². The molecular formula is C19H24N4. The highest BCUT2D eigenvalue weighted by molar-refractivity contribution is 5.53. The number of hydrogen-bond donors (Lipinski definition) is 1. The van der Waals surface area contributed by atoms with Gasteiger partial charge in [0, 0.05) is 31.1 Å². The van der Waals surface area contributed by atoms with Crippen LogP contribution < -0.4 is 10.2 Å². The van der Waals surface area contributed by atoms with Gasteiger partial charge in [-0.1, -0.05) is 24.3 Å². The molecule has 0 bridgehead atoms. The Kier molecular flexibility index (Phi) is 3.68. The minimum atomic E-state index is 0.460. The molecule has 0 unspecified atom stereocenters. The summed E-state index contributed by atoms with van der Waals surface area (Å²) < 4.78 is 0. The molecule has 4 rings (SSSR count). The predicted octanol–water partition coefficient (Wildman–Crippen LogP) is 3.74. The number of benzene rings is 1. The van der Waals surface area contributed by atoms with Crippen molar-refractivity contribution in [2.75, 3.05) is 16.8 Å². The van der Waals surface area contributed by atoms with E-state index >= 15 is 0 Å². The molecule has 2 aromatic rings. The molecule has 1 N–H and O–H groups in total. The molecule has 1 aromatic carbocycles. The lowest BCUT2D eigenvalue weighted by Gasteiger charge is -2.36. The van der Waals surface area contributed by atoms with Crippen molar-refractivity contribution in [2.45, 2.75) is 51.6 Å². The highest BCUT2D eigenvalue weighted by atomic mass is 15.2. The zero-order chi connectivity index (χ0) is 15.8. The molecule has 1 aliphatic heterocycles. The maximum Gasteiger partial charge on any atom is 0.136 e. The lowest BCUT2D eigenvalue weighted by molar-refractivity contribution is 0.585. The van der Waals surface area contributed by atoms with Gasteiger partial charge in [0.1, 0.15) is 17.5 Å². The van der Waals surface area contributed by atoms with Crippen molar-refractivity contribution in [2.24, 2.45) is 0 Å². The van der Waals surface area contributed by atoms with Gasteiger partial charge in [-0.25, -0.2) is 9.97 Å². The third-order valence-electron chi connectivity index (χ3n) is 4.83. The van der Waals surface area contributed by atoms with Crippen LogP contribution in [0.2, 0.25) is 0 Å². The van der Waals surface area contributed by atoms with Crippen LogP contribution in [-0.4, -0.2) is 22.6 Å². The number of nitrogens with zero attached hydrogens (tertiary/aromatic N) is 3. The third kappa shape index (κ3) is 2.90. The van der Waals surface area contributed by atoms with Gasteiger partial charge in [-0.05, 0) is 44.2 Å². The van der Waals surface area contributed by atoms with Crippen LogP contribution in [0.15, 0.2) is 30.3 Å². The Bertz CT molecular complexity index is 708. The standard InChI is InChI=1S/C19H24N4/c1-3-20-17-11-18(22-19(21-17)14-8-9-14)23-12-16-7-5-4-6-15(16)10-13(23)2/h4-7,11,13-14H,3,8-10,12H2,1-2H3,(H,20,21,22)/t13-/m0/s1. The smallest absolute Gasteiger partial charge is 0.136 e. The van der Waals surface area contributed by atoms with Gasteiger partial charge in [-0.15, -0.1) is 0 Å². The first-order valence-corrected chi connectivity index (χ1v) is 8.71. The molecule has 4 nitrogen and oxygen atoms in total. The van der Waals surface area contributed by atoms with Crippen LogP contribution in [0, 0.1) is 0 Å². The van der Waals surface area contributed by atoms with E-state index in [1.165, 1.54) is 24.0 Å². The Morgan fingerprint density at radius 1 is 1.17 bits per heavy atom. The average Bonchev–Trinajstić information content (AvgIpc) is 3.39. The monoisotopic (exact) mass is 308 g/mol. The number of rotatable bonds is 4. The third-order valence-corrected chi connectivity index (χ3v) is 4.83. The molecule has 1 saturated carbocycles. The second kappa shape index (κ2) is 5.84. The largest absolute Gasteiger partial charge is 0.370 e. The minimum Gasteiger partial charge on any atom is -0.370 e. The Hall–Kier alpha value is -2.10. The van der Waals surface area contributed by atoms with Crippen molar-refractivity contribution < 1.29 is 0 Å². The summed E-state index contributed by atoms with van der Waals surface area (Å²) in [5, 5.41) is 3.37. The summed E-state index contributed by atoms with van der Waals surface area (Å²) in [5.41, 5.74) is 2.89. The fourth-order valence-corrected chi connectivity index (χ4v) is 3.38. The maximum atomic E-state index is 4.90. The molecule has 0 spiro atoms. The van der Waals surface area contributed by atoms with Crippen molar-refractivity contribution in [3.63, 3.8) is 0 Å². The Morgan fingerprint density at radius 3 is 2.70 bits per heavy atom. The van der Waals surface area contributed by atoms with Crippen LogP contribution in [0.25, 0.3) is 0 Å². The zero-order valence-corrected chi connectivity index (χ0v) is 13.9. The van der Waals surface area contributed by atoms with Crippen molar-refractivity contribution in [3.8, 4) is 0 Å². The van der Waals surface area contributed by atoms with E-state index in [1.54, 1.807) is 0 Å². The van der Waals surface area contributed by atoms with Gasteiger partial charge in [0.05, 0.1) is 0 Å². The van der Waals surface area contributed by atoms with E-state index < -0.39 is 0 Å². The SMILES string of the molecule is CCNc1cc(N2Cc3ccccc3C[C@@H]2C)nc(C2CC2)n1. The summed E-state index contributed by atoms with van der Waals surface area (Å²) in [6.45, 7) is 6.23. The summed E-state index contributed by atoms with van der Waals surface area (Å²) in [6, 6.07) is 11.3. The molecule has 2 aliphatic rings.